The Kier molecular flexibility index (Phi) is 3.62. The number of pyridine rings is 1. The van der Waals surface area contributed by atoms with Gasteiger partial charge in [-0.25, -0.2) is 9.97 Å². The molecule has 0 aliphatic rings. The molecule has 0 bridgehead atoms. The molecule has 2 rings (SSSR count). The lowest BCUT2D eigenvalue weighted by atomic mass is 10.0. The van der Waals surface area contributed by atoms with Gasteiger partial charge < -0.3 is 0 Å². The number of aryl methyl sites for hydroxylation is 2. The molecule has 2 aromatic heterocycles. The molecule has 18 heavy (non-hydrogen) atoms. The van der Waals surface area contributed by atoms with E-state index >= 15 is 0 Å². The zero-order chi connectivity index (χ0) is 13.3. The molecular formula is C14H16ClN3. The summed E-state index contributed by atoms with van der Waals surface area (Å²) in [6, 6.07) is 3.90. The Bertz CT molecular complexity index is 539. The van der Waals surface area contributed by atoms with Gasteiger partial charge >= 0.3 is 0 Å². The minimum absolute atomic E-state index is 0.317. The number of hydrogen-bond acceptors (Lipinski definition) is 3. The normalized spacial score (nSPS) is 11.0. The van der Waals surface area contributed by atoms with Gasteiger partial charge in [0, 0.05) is 17.5 Å². The first kappa shape index (κ1) is 13.0. The first-order valence-corrected chi connectivity index (χ1v) is 6.34. The molecule has 2 heterocycles. The van der Waals surface area contributed by atoms with Crippen molar-refractivity contribution >= 4 is 11.6 Å². The minimum atomic E-state index is 0.317. The second-order valence-corrected chi connectivity index (χ2v) is 5.07. The first-order valence-electron chi connectivity index (χ1n) is 5.96. The van der Waals surface area contributed by atoms with Crippen molar-refractivity contribution in [3.05, 3.63) is 40.3 Å². The summed E-state index contributed by atoms with van der Waals surface area (Å²) < 4.78 is 0. The SMILES string of the molecule is Cc1ccc(-c2nc(C)c(C(C)C)c(Cl)n2)nc1. The van der Waals surface area contributed by atoms with E-state index in [-0.39, 0.29) is 0 Å². The van der Waals surface area contributed by atoms with E-state index in [4.69, 9.17) is 11.6 Å². The van der Waals surface area contributed by atoms with Gasteiger partial charge in [0.1, 0.15) is 10.8 Å². The molecule has 4 heteroatoms. The molecule has 0 aliphatic carbocycles. The molecule has 0 amide bonds. The van der Waals surface area contributed by atoms with Crippen LogP contribution in [-0.2, 0) is 0 Å². The zero-order valence-corrected chi connectivity index (χ0v) is 11.8. The van der Waals surface area contributed by atoms with Crippen LogP contribution in [0, 0.1) is 13.8 Å². The average Bonchev–Trinajstić information content (AvgIpc) is 2.28. The van der Waals surface area contributed by atoms with E-state index in [0.29, 0.717) is 16.9 Å². The molecule has 0 aromatic carbocycles. The minimum Gasteiger partial charge on any atom is -0.253 e. The molecule has 3 nitrogen and oxygen atoms in total. The maximum absolute atomic E-state index is 6.23. The summed E-state index contributed by atoms with van der Waals surface area (Å²) in [5.74, 6) is 0.902. The highest BCUT2D eigenvalue weighted by Crippen LogP contribution is 2.27. The summed E-state index contributed by atoms with van der Waals surface area (Å²) in [7, 11) is 0. The van der Waals surface area contributed by atoms with Crippen LogP contribution in [0.5, 0.6) is 0 Å². The second-order valence-electron chi connectivity index (χ2n) is 4.71. The van der Waals surface area contributed by atoms with Crippen molar-refractivity contribution in [3.8, 4) is 11.5 Å². The van der Waals surface area contributed by atoms with Crippen LogP contribution >= 0.6 is 11.6 Å². The molecule has 0 saturated carbocycles. The molecular weight excluding hydrogens is 246 g/mol. The molecule has 0 fully saturated rings. The van der Waals surface area contributed by atoms with Gasteiger partial charge in [0.15, 0.2) is 5.82 Å². The van der Waals surface area contributed by atoms with Crippen molar-refractivity contribution in [1.82, 2.24) is 15.0 Å². The third kappa shape index (κ3) is 2.51. The van der Waals surface area contributed by atoms with Gasteiger partial charge in [-0.1, -0.05) is 31.5 Å². The van der Waals surface area contributed by atoms with Gasteiger partial charge in [0.25, 0.3) is 0 Å². The van der Waals surface area contributed by atoms with Crippen molar-refractivity contribution in [3.63, 3.8) is 0 Å². The van der Waals surface area contributed by atoms with Crippen LogP contribution in [0.2, 0.25) is 5.15 Å². The molecule has 0 radical (unpaired) electrons. The summed E-state index contributed by atoms with van der Waals surface area (Å²) in [5.41, 5.74) is 3.79. The van der Waals surface area contributed by atoms with E-state index in [1.165, 1.54) is 0 Å². The van der Waals surface area contributed by atoms with Gasteiger partial charge in [0.2, 0.25) is 0 Å². The molecule has 0 N–H and O–H groups in total. The summed E-state index contributed by atoms with van der Waals surface area (Å²) in [6.07, 6.45) is 1.80. The third-order valence-corrected chi connectivity index (χ3v) is 3.10. The monoisotopic (exact) mass is 261 g/mol. The maximum Gasteiger partial charge on any atom is 0.179 e. The standard InChI is InChI=1S/C14H16ClN3/c1-8(2)12-10(4)17-14(18-13(12)15)11-6-5-9(3)7-16-11/h5-8H,1-4H3. The van der Waals surface area contributed by atoms with Crippen LogP contribution in [0.1, 0.15) is 36.6 Å². The Morgan fingerprint density at radius 2 is 1.83 bits per heavy atom. The predicted octanol–water partition coefficient (Wildman–Crippen LogP) is 3.93. The molecule has 0 atom stereocenters. The summed E-state index contributed by atoms with van der Waals surface area (Å²) in [4.78, 5) is 13.2. The largest absolute Gasteiger partial charge is 0.253 e. The van der Waals surface area contributed by atoms with E-state index in [0.717, 1.165) is 22.5 Å². The van der Waals surface area contributed by atoms with Gasteiger partial charge in [-0.2, -0.15) is 0 Å². The van der Waals surface area contributed by atoms with Crippen LogP contribution in [0.25, 0.3) is 11.5 Å². The van der Waals surface area contributed by atoms with Crippen LogP contribution in [0.3, 0.4) is 0 Å². The number of nitrogens with zero attached hydrogens (tertiary/aromatic N) is 3. The zero-order valence-electron chi connectivity index (χ0n) is 11.0. The van der Waals surface area contributed by atoms with Crippen molar-refractivity contribution in [2.75, 3.05) is 0 Å². The lowest BCUT2D eigenvalue weighted by Gasteiger charge is -2.12. The molecule has 0 unspecified atom stereocenters. The molecule has 0 saturated heterocycles. The van der Waals surface area contributed by atoms with E-state index in [1.54, 1.807) is 6.20 Å². The van der Waals surface area contributed by atoms with Crippen molar-refractivity contribution in [1.29, 1.82) is 0 Å². The fourth-order valence-corrected chi connectivity index (χ4v) is 2.35. The van der Waals surface area contributed by atoms with Crippen LogP contribution in [-0.4, -0.2) is 15.0 Å². The summed E-state index contributed by atoms with van der Waals surface area (Å²) in [6.45, 7) is 8.13. The Hall–Kier alpha value is -1.48. The molecule has 2 aromatic rings. The smallest absolute Gasteiger partial charge is 0.179 e. The van der Waals surface area contributed by atoms with Gasteiger partial charge in [-0.15, -0.1) is 0 Å². The lowest BCUT2D eigenvalue weighted by Crippen LogP contribution is -2.02. The van der Waals surface area contributed by atoms with E-state index in [2.05, 4.69) is 28.8 Å². The highest BCUT2D eigenvalue weighted by molar-refractivity contribution is 6.30. The van der Waals surface area contributed by atoms with E-state index in [1.807, 2.05) is 26.0 Å². The van der Waals surface area contributed by atoms with Crippen LogP contribution < -0.4 is 0 Å². The number of rotatable bonds is 2. The van der Waals surface area contributed by atoms with Gasteiger partial charge in [-0.3, -0.25) is 4.98 Å². The quantitative estimate of drug-likeness (QED) is 0.769. The number of aromatic nitrogens is 3. The van der Waals surface area contributed by atoms with E-state index in [9.17, 15) is 0 Å². The Labute approximate surface area is 112 Å². The first-order chi connectivity index (χ1) is 8.49. The average molecular weight is 262 g/mol. The van der Waals surface area contributed by atoms with Crippen molar-refractivity contribution < 1.29 is 0 Å². The second kappa shape index (κ2) is 5.02. The van der Waals surface area contributed by atoms with Crippen LogP contribution in [0.15, 0.2) is 18.3 Å². The Morgan fingerprint density at radius 1 is 1.11 bits per heavy atom. The van der Waals surface area contributed by atoms with Crippen molar-refractivity contribution in [2.45, 2.75) is 33.6 Å². The number of halogens is 1. The van der Waals surface area contributed by atoms with Gasteiger partial charge in [-0.05, 0) is 31.4 Å². The highest BCUT2D eigenvalue weighted by Gasteiger charge is 2.14. The fraction of sp³-hybridized carbons (Fsp3) is 0.357. The van der Waals surface area contributed by atoms with Gasteiger partial charge in [0.05, 0.1) is 0 Å². The maximum atomic E-state index is 6.23. The number of hydrogen-bond donors (Lipinski definition) is 0. The summed E-state index contributed by atoms with van der Waals surface area (Å²) in [5, 5.41) is 0.523. The highest BCUT2D eigenvalue weighted by atomic mass is 35.5. The Morgan fingerprint density at radius 3 is 2.33 bits per heavy atom. The lowest BCUT2D eigenvalue weighted by molar-refractivity contribution is 0.830. The topological polar surface area (TPSA) is 38.7 Å². The van der Waals surface area contributed by atoms with E-state index < -0.39 is 0 Å². The molecule has 0 spiro atoms. The fourth-order valence-electron chi connectivity index (χ4n) is 1.92. The third-order valence-electron chi connectivity index (χ3n) is 2.81. The Balaban J connectivity index is 2.51. The van der Waals surface area contributed by atoms with Crippen LogP contribution in [0.4, 0.5) is 0 Å². The molecule has 94 valence electrons. The summed E-state index contributed by atoms with van der Waals surface area (Å²) >= 11 is 6.23. The van der Waals surface area contributed by atoms with Crippen molar-refractivity contribution in [2.24, 2.45) is 0 Å². The molecule has 0 aliphatic heterocycles. The predicted molar refractivity (Wildman–Crippen MR) is 73.8 cm³/mol.